The van der Waals surface area contributed by atoms with Gasteiger partial charge in [0.2, 0.25) is 0 Å². The molecule has 88 valence electrons. The van der Waals surface area contributed by atoms with Crippen LogP contribution in [0.4, 0.5) is 4.39 Å². The van der Waals surface area contributed by atoms with E-state index in [4.69, 9.17) is 0 Å². The van der Waals surface area contributed by atoms with Crippen LogP contribution in [0.1, 0.15) is 18.1 Å². The van der Waals surface area contributed by atoms with Crippen LogP contribution in [0.15, 0.2) is 54.6 Å². The molecule has 17 heavy (non-hydrogen) atoms. The Morgan fingerprint density at radius 3 is 2.41 bits per heavy atom. The number of benzene rings is 2. The molecule has 0 heterocycles. The van der Waals surface area contributed by atoms with Gasteiger partial charge in [-0.05, 0) is 30.2 Å². The van der Waals surface area contributed by atoms with Gasteiger partial charge in [-0.15, -0.1) is 0 Å². The number of halogens is 1. The summed E-state index contributed by atoms with van der Waals surface area (Å²) in [5.41, 5.74) is 0.576. The predicted molar refractivity (Wildman–Crippen MR) is 66.1 cm³/mol. The summed E-state index contributed by atoms with van der Waals surface area (Å²) in [6.45, 7) is 1.70. The van der Waals surface area contributed by atoms with Gasteiger partial charge in [-0.25, -0.2) is 4.39 Å². The first-order chi connectivity index (χ1) is 8.08. The summed E-state index contributed by atoms with van der Waals surface area (Å²) in [5.74, 6) is -0.323. The fraction of sp³-hybridized carbons (Fsp3) is 0.200. The van der Waals surface area contributed by atoms with Gasteiger partial charge in [-0.3, -0.25) is 0 Å². The van der Waals surface area contributed by atoms with Crippen molar-refractivity contribution in [3.05, 3.63) is 71.5 Å². The summed E-state index contributed by atoms with van der Waals surface area (Å²) in [6.07, 6.45) is 0.470. The zero-order valence-electron chi connectivity index (χ0n) is 9.73. The monoisotopic (exact) mass is 230 g/mol. The highest BCUT2D eigenvalue weighted by molar-refractivity contribution is 5.26. The van der Waals surface area contributed by atoms with Crippen LogP contribution >= 0.6 is 0 Å². The minimum atomic E-state index is -1.05. The summed E-state index contributed by atoms with van der Waals surface area (Å²) in [7, 11) is 0. The van der Waals surface area contributed by atoms with Crippen LogP contribution in [0.5, 0.6) is 0 Å². The third kappa shape index (κ3) is 2.92. The van der Waals surface area contributed by atoms with Gasteiger partial charge in [0.1, 0.15) is 5.82 Å². The Kier molecular flexibility index (Phi) is 3.25. The first kappa shape index (κ1) is 11.8. The fourth-order valence-corrected chi connectivity index (χ4v) is 1.92. The number of rotatable bonds is 3. The van der Waals surface area contributed by atoms with E-state index in [2.05, 4.69) is 0 Å². The molecule has 1 N–H and O–H groups in total. The molecule has 0 saturated heterocycles. The van der Waals surface area contributed by atoms with Crippen molar-refractivity contribution >= 4 is 0 Å². The standard InChI is InChI=1S/C15H15FO/c1-15(17,11-12-6-3-2-4-7-12)13-8-5-9-14(16)10-13/h2-10,17H,11H2,1H3. The van der Waals surface area contributed by atoms with Crippen molar-refractivity contribution in [3.63, 3.8) is 0 Å². The molecule has 2 heteroatoms. The summed E-state index contributed by atoms with van der Waals surface area (Å²) in [5, 5.41) is 10.4. The van der Waals surface area contributed by atoms with Gasteiger partial charge in [-0.1, -0.05) is 42.5 Å². The summed E-state index contributed by atoms with van der Waals surface area (Å²) < 4.78 is 13.1. The molecule has 0 saturated carbocycles. The van der Waals surface area contributed by atoms with Gasteiger partial charge in [-0.2, -0.15) is 0 Å². The molecule has 2 aromatic carbocycles. The third-order valence-corrected chi connectivity index (χ3v) is 2.84. The lowest BCUT2D eigenvalue weighted by atomic mass is 9.89. The van der Waals surface area contributed by atoms with Gasteiger partial charge >= 0.3 is 0 Å². The van der Waals surface area contributed by atoms with Crippen molar-refractivity contribution in [2.45, 2.75) is 18.9 Å². The second-order valence-electron chi connectivity index (χ2n) is 4.45. The van der Waals surface area contributed by atoms with E-state index < -0.39 is 5.60 Å². The number of aliphatic hydroxyl groups is 1. The van der Waals surface area contributed by atoms with E-state index in [0.717, 1.165) is 5.56 Å². The number of hydrogen-bond donors (Lipinski definition) is 1. The van der Waals surface area contributed by atoms with Gasteiger partial charge < -0.3 is 5.11 Å². The molecular weight excluding hydrogens is 215 g/mol. The van der Waals surface area contributed by atoms with E-state index in [9.17, 15) is 9.50 Å². The first-order valence-corrected chi connectivity index (χ1v) is 5.60. The lowest BCUT2D eigenvalue weighted by molar-refractivity contribution is 0.0573. The lowest BCUT2D eigenvalue weighted by Crippen LogP contribution is -2.24. The molecule has 2 aromatic rings. The molecular formula is C15H15FO. The molecule has 0 bridgehead atoms. The second-order valence-corrected chi connectivity index (χ2v) is 4.45. The van der Waals surface area contributed by atoms with Crippen LogP contribution in [-0.4, -0.2) is 5.11 Å². The lowest BCUT2D eigenvalue weighted by Gasteiger charge is -2.24. The Morgan fingerprint density at radius 2 is 1.76 bits per heavy atom. The highest BCUT2D eigenvalue weighted by Crippen LogP contribution is 2.25. The van der Waals surface area contributed by atoms with Crippen molar-refractivity contribution < 1.29 is 9.50 Å². The fourth-order valence-electron chi connectivity index (χ4n) is 1.92. The van der Waals surface area contributed by atoms with Crippen molar-refractivity contribution in [3.8, 4) is 0 Å². The Balaban J connectivity index is 2.25. The third-order valence-electron chi connectivity index (χ3n) is 2.84. The molecule has 1 unspecified atom stereocenters. The Morgan fingerprint density at radius 1 is 1.06 bits per heavy atom. The Hall–Kier alpha value is -1.67. The first-order valence-electron chi connectivity index (χ1n) is 5.60. The van der Waals surface area contributed by atoms with Crippen LogP contribution in [-0.2, 0) is 12.0 Å². The average molecular weight is 230 g/mol. The quantitative estimate of drug-likeness (QED) is 0.858. The van der Waals surface area contributed by atoms with Gasteiger partial charge in [0.15, 0.2) is 0 Å². The topological polar surface area (TPSA) is 20.2 Å². The SMILES string of the molecule is CC(O)(Cc1ccccc1)c1cccc(F)c1. The van der Waals surface area contributed by atoms with Crippen molar-refractivity contribution in [2.75, 3.05) is 0 Å². The molecule has 0 aliphatic carbocycles. The van der Waals surface area contributed by atoms with E-state index in [1.807, 2.05) is 30.3 Å². The summed E-state index contributed by atoms with van der Waals surface area (Å²) in [6, 6.07) is 15.8. The van der Waals surface area contributed by atoms with Gasteiger partial charge in [0.25, 0.3) is 0 Å². The molecule has 0 amide bonds. The van der Waals surface area contributed by atoms with Crippen LogP contribution < -0.4 is 0 Å². The van der Waals surface area contributed by atoms with Crippen LogP contribution in [0.3, 0.4) is 0 Å². The zero-order chi connectivity index (χ0) is 12.3. The van der Waals surface area contributed by atoms with E-state index in [0.29, 0.717) is 12.0 Å². The molecule has 0 radical (unpaired) electrons. The number of hydrogen-bond acceptors (Lipinski definition) is 1. The predicted octanol–water partition coefficient (Wildman–Crippen LogP) is 3.28. The molecule has 2 rings (SSSR count). The van der Waals surface area contributed by atoms with Gasteiger partial charge in [0.05, 0.1) is 5.60 Å². The van der Waals surface area contributed by atoms with Crippen molar-refractivity contribution in [1.82, 2.24) is 0 Å². The van der Waals surface area contributed by atoms with E-state index in [-0.39, 0.29) is 5.82 Å². The highest BCUT2D eigenvalue weighted by atomic mass is 19.1. The largest absolute Gasteiger partial charge is 0.385 e. The van der Waals surface area contributed by atoms with E-state index in [1.54, 1.807) is 19.1 Å². The smallest absolute Gasteiger partial charge is 0.123 e. The minimum Gasteiger partial charge on any atom is -0.385 e. The van der Waals surface area contributed by atoms with Crippen LogP contribution in [0.25, 0.3) is 0 Å². The maximum absolute atomic E-state index is 13.1. The highest BCUT2D eigenvalue weighted by Gasteiger charge is 2.23. The Bertz CT molecular complexity index is 491. The van der Waals surface area contributed by atoms with Crippen molar-refractivity contribution in [1.29, 1.82) is 0 Å². The maximum Gasteiger partial charge on any atom is 0.123 e. The van der Waals surface area contributed by atoms with E-state index in [1.165, 1.54) is 12.1 Å². The van der Waals surface area contributed by atoms with Crippen molar-refractivity contribution in [2.24, 2.45) is 0 Å². The second kappa shape index (κ2) is 4.68. The molecule has 0 aliphatic heterocycles. The Labute approximate surface area is 101 Å². The normalized spacial score (nSPS) is 14.3. The van der Waals surface area contributed by atoms with Gasteiger partial charge in [0, 0.05) is 6.42 Å². The van der Waals surface area contributed by atoms with Crippen LogP contribution in [0.2, 0.25) is 0 Å². The molecule has 1 nitrogen and oxygen atoms in total. The molecule has 0 aromatic heterocycles. The zero-order valence-corrected chi connectivity index (χ0v) is 9.73. The summed E-state index contributed by atoms with van der Waals surface area (Å²) >= 11 is 0. The molecule has 1 atom stereocenters. The summed E-state index contributed by atoms with van der Waals surface area (Å²) in [4.78, 5) is 0. The molecule has 0 fully saturated rings. The maximum atomic E-state index is 13.1. The van der Waals surface area contributed by atoms with Crippen LogP contribution in [0, 0.1) is 5.82 Å². The van der Waals surface area contributed by atoms with E-state index >= 15 is 0 Å². The minimum absolute atomic E-state index is 0.323. The average Bonchev–Trinajstić information content (AvgIpc) is 2.30. The molecule has 0 aliphatic rings. The molecule has 0 spiro atoms.